The maximum absolute atomic E-state index is 10.0. The van der Waals surface area contributed by atoms with Crippen molar-refractivity contribution in [3.05, 3.63) is 28.8 Å². The van der Waals surface area contributed by atoms with Crippen molar-refractivity contribution in [1.82, 2.24) is 0 Å². The van der Waals surface area contributed by atoms with Gasteiger partial charge in [-0.1, -0.05) is 78.4 Å². The molecule has 0 aliphatic heterocycles. The summed E-state index contributed by atoms with van der Waals surface area (Å²) in [5.41, 5.74) is 2.96. The van der Waals surface area contributed by atoms with Gasteiger partial charge in [0, 0.05) is 5.56 Å². The molecule has 0 atom stereocenters. The standard InChI is InChI=1S/C23H42O3P/c1-18(2)12-8-6-10-14-21-17-16-20(5)23(27(24,25)26)22(21)15-11-7-9-13-19(3)4/h16-19,24-26H,6-15H2,1-5H3/q+1. The van der Waals surface area contributed by atoms with E-state index in [9.17, 15) is 14.7 Å². The second-order valence-corrected chi connectivity index (χ2v) is 10.5. The molecule has 0 radical (unpaired) electrons. The molecule has 0 aromatic heterocycles. The van der Waals surface area contributed by atoms with Gasteiger partial charge in [-0.2, -0.15) is 14.7 Å². The Morgan fingerprint density at radius 1 is 0.741 bits per heavy atom. The van der Waals surface area contributed by atoms with Crippen molar-refractivity contribution in [2.24, 2.45) is 11.8 Å². The molecule has 3 N–H and O–H groups in total. The zero-order chi connectivity index (χ0) is 20.4. The summed E-state index contributed by atoms with van der Waals surface area (Å²) >= 11 is 0. The van der Waals surface area contributed by atoms with E-state index in [1.165, 1.54) is 37.7 Å². The van der Waals surface area contributed by atoms with Crippen molar-refractivity contribution in [2.45, 2.75) is 98.8 Å². The lowest BCUT2D eigenvalue weighted by Gasteiger charge is -2.17. The summed E-state index contributed by atoms with van der Waals surface area (Å²) in [5, 5.41) is 0.408. The summed E-state index contributed by atoms with van der Waals surface area (Å²) in [6, 6.07) is 4.05. The third-order valence-corrected chi connectivity index (χ3v) is 6.54. The average Bonchev–Trinajstić information content (AvgIpc) is 2.54. The van der Waals surface area contributed by atoms with E-state index in [0.29, 0.717) is 5.30 Å². The number of hydrogen-bond acceptors (Lipinski definition) is 3. The van der Waals surface area contributed by atoms with Crippen molar-refractivity contribution in [2.75, 3.05) is 0 Å². The number of aryl methyl sites for hydroxylation is 2. The van der Waals surface area contributed by atoms with E-state index in [2.05, 4.69) is 33.8 Å². The van der Waals surface area contributed by atoms with Crippen LogP contribution in [0.1, 0.15) is 95.8 Å². The second kappa shape index (κ2) is 12.2. The highest BCUT2D eigenvalue weighted by atomic mass is 31.2. The average molecular weight is 398 g/mol. The van der Waals surface area contributed by atoms with Crippen LogP contribution in [0.2, 0.25) is 0 Å². The molecule has 0 saturated heterocycles. The summed E-state index contributed by atoms with van der Waals surface area (Å²) in [6.07, 6.45) is 11.2. The Kier molecular flexibility index (Phi) is 11.1. The van der Waals surface area contributed by atoms with Crippen LogP contribution < -0.4 is 5.30 Å². The van der Waals surface area contributed by atoms with Crippen molar-refractivity contribution < 1.29 is 14.7 Å². The van der Waals surface area contributed by atoms with Crippen LogP contribution in [-0.2, 0) is 12.8 Å². The molecule has 0 aliphatic carbocycles. The molecule has 1 aromatic rings. The van der Waals surface area contributed by atoms with Crippen molar-refractivity contribution in [3.63, 3.8) is 0 Å². The van der Waals surface area contributed by atoms with Crippen LogP contribution in [-0.4, -0.2) is 14.7 Å². The van der Waals surface area contributed by atoms with Gasteiger partial charge >= 0.3 is 7.94 Å². The van der Waals surface area contributed by atoms with Gasteiger partial charge in [0.05, 0.1) is 0 Å². The highest BCUT2D eigenvalue weighted by Gasteiger charge is 2.39. The van der Waals surface area contributed by atoms with Gasteiger partial charge in [-0.3, -0.25) is 0 Å². The topological polar surface area (TPSA) is 60.7 Å². The Morgan fingerprint density at radius 3 is 1.74 bits per heavy atom. The third-order valence-electron chi connectivity index (χ3n) is 5.32. The van der Waals surface area contributed by atoms with E-state index < -0.39 is 7.94 Å². The van der Waals surface area contributed by atoms with E-state index in [0.717, 1.165) is 55.1 Å². The lowest BCUT2D eigenvalue weighted by Crippen LogP contribution is -2.21. The lowest BCUT2D eigenvalue weighted by molar-refractivity contribution is 0.346. The molecule has 0 bridgehead atoms. The molecule has 3 nitrogen and oxygen atoms in total. The minimum atomic E-state index is -4.00. The Balaban J connectivity index is 2.81. The summed E-state index contributed by atoms with van der Waals surface area (Å²) in [4.78, 5) is 30.1. The highest BCUT2D eigenvalue weighted by molar-refractivity contribution is 7.67. The van der Waals surface area contributed by atoms with E-state index in [4.69, 9.17) is 0 Å². The Hall–Kier alpha value is -0.470. The third kappa shape index (κ3) is 9.52. The quantitative estimate of drug-likeness (QED) is 0.288. The van der Waals surface area contributed by atoms with Crippen molar-refractivity contribution in [1.29, 1.82) is 0 Å². The lowest BCUT2D eigenvalue weighted by atomic mass is 9.94. The van der Waals surface area contributed by atoms with Crippen LogP contribution in [0.15, 0.2) is 12.1 Å². The summed E-state index contributed by atoms with van der Waals surface area (Å²) in [7, 11) is -4.00. The van der Waals surface area contributed by atoms with Gasteiger partial charge in [0.15, 0.2) is 5.30 Å². The van der Waals surface area contributed by atoms with Gasteiger partial charge in [-0.05, 0) is 55.6 Å². The predicted octanol–water partition coefficient (Wildman–Crippen LogP) is 5.88. The molecule has 0 amide bonds. The summed E-state index contributed by atoms with van der Waals surface area (Å²) in [6.45, 7) is 10.9. The van der Waals surface area contributed by atoms with Crippen LogP contribution in [0, 0.1) is 18.8 Å². The zero-order valence-electron chi connectivity index (χ0n) is 18.2. The Bertz CT molecular complexity index is 547. The van der Waals surface area contributed by atoms with Gasteiger partial charge in [-0.25, -0.2) is 0 Å². The van der Waals surface area contributed by atoms with Gasteiger partial charge < -0.3 is 0 Å². The number of rotatable bonds is 13. The molecular formula is C23H42O3P+. The van der Waals surface area contributed by atoms with Gasteiger partial charge in [-0.15, -0.1) is 0 Å². The second-order valence-electron chi connectivity index (χ2n) is 8.92. The van der Waals surface area contributed by atoms with Crippen LogP contribution in [0.4, 0.5) is 0 Å². The fourth-order valence-electron chi connectivity index (χ4n) is 3.80. The molecular weight excluding hydrogens is 355 g/mol. The first-order valence-electron chi connectivity index (χ1n) is 10.8. The zero-order valence-corrected chi connectivity index (χ0v) is 19.1. The fourth-order valence-corrected chi connectivity index (χ4v) is 4.97. The molecule has 0 saturated carbocycles. The minimum absolute atomic E-state index is 0.408. The van der Waals surface area contributed by atoms with Crippen LogP contribution in [0.25, 0.3) is 0 Å². The van der Waals surface area contributed by atoms with E-state index in [-0.39, 0.29) is 0 Å². The molecule has 156 valence electrons. The van der Waals surface area contributed by atoms with Crippen LogP contribution >= 0.6 is 7.94 Å². The van der Waals surface area contributed by atoms with Crippen molar-refractivity contribution >= 4 is 13.2 Å². The maximum atomic E-state index is 10.0. The number of benzene rings is 1. The minimum Gasteiger partial charge on any atom is -0.189 e. The van der Waals surface area contributed by atoms with Crippen molar-refractivity contribution in [3.8, 4) is 0 Å². The molecule has 0 aliphatic rings. The fraction of sp³-hybridized carbons (Fsp3) is 0.739. The highest BCUT2D eigenvalue weighted by Crippen LogP contribution is 2.46. The first-order valence-corrected chi connectivity index (χ1v) is 12.5. The molecule has 0 fully saturated rings. The molecule has 0 heterocycles. The molecule has 0 spiro atoms. The summed E-state index contributed by atoms with van der Waals surface area (Å²) in [5.74, 6) is 1.48. The first-order chi connectivity index (χ1) is 12.6. The van der Waals surface area contributed by atoms with Crippen LogP contribution in [0.5, 0.6) is 0 Å². The maximum Gasteiger partial charge on any atom is 0.441 e. The largest absolute Gasteiger partial charge is 0.441 e. The first kappa shape index (κ1) is 24.6. The van der Waals surface area contributed by atoms with E-state index in [1.54, 1.807) is 0 Å². The molecule has 27 heavy (non-hydrogen) atoms. The smallest absolute Gasteiger partial charge is 0.189 e. The monoisotopic (exact) mass is 397 g/mol. The molecule has 1 rings (SSSR count). The SMILES string of the molecule is Cc1ccc(CCCCCC(C)C)c(CCCCCC(C)C)c1[P+](O)(O)O. The molecule has 4 heteroatoms. The molecule has 1 aromatic carbocycles. The van der Waals surface area contributed by atoms with E-state index in [1.807, 2.05) is 13.0 Å². The summed E-state index contributed by atoms with van der Waals surface area (Å²) < 4.78 is 0. The van der Waals surface area contributed by atoms with E-state index >= 15 is 0 Å². The number of unbranched alkanes of at least 4 members (excludes halogenated alkanes) is 4. The number of hydrogen-bond donors (Lipinski definition) is 3. The van der Waals surface area contributed by atoms with Gasteiger partial charge in [0.25, 0.3) is 0 Å². The molecule has 0 unspecified atom stereocenters. The predicted molar refractivity (Wildman–Crippen MR) is 118 cm³/mol. The normalized spacial score (nSPS) is 12.4. The Morgan fingerprint density at radius 2 is 1.26 bits per heavy atom. The Labute approximate surface area is 167 Å². The van der Waals surface area contributed by atoms with Crippen LogP contribution in [0.3, 0.4) is 0 Å². The van der Waals surface area contributed by atoms with Gasteiger partial charge in [0.1, 0.15) is 0 Å². The van der Waals surface area contributed by atoms with Gasteiger partial charge in [0.2, 0.25) is 0 Å².